The van der Waals surface area contributed by atoms with Gasteiger partial charge in [-0.1, -0.05) is 0 Å². The molecule has 0 aromatic heterocycles. The number of fused-ring (bicyclic) bond motifs is 1. The Morgan fingerprint density at radius 2 is 1.67 bits per heavy atom. The van der Waals surface area contributed by atoms with Crippen molar-refractivity contribution in [1.82, 2.24) is 15.1 Å². The lowest BCUT2D eigenvalue weighted by molar-refractivity contribution is 0.0693. The number of carbonyl (C=O) groups is 3. The van der Waals surface area contributed by atoms with Crippen LogP contribution in [-0.2, 0) is 0 Å². The number of nitrogens with zero attached hydrogens (tertiary/aromatic N) is 2. The molecule has 0 aliphatic carbocycles. The summed E-state index contributed by atoms with van der Waals surface area (Å²) < 4.78 is 0. The Morgan fingerprint density at radius 3 is 2.25 bits per heavy atom. The predicted octanol–water partition coefficient (Wildman–Crippen LogP) is 1.76. The Kier molecular flexibility index (Phi) is 5.39. The molecule has 1 aromatic carbocycles. The molecular formula is C18H25N3O3. The summed E-state index contributed by atoms with van der Waals surface area (Å²) in [7, 11) is 1.44. The second kappa shape index (κ2) is 7.13. The first-order valence-corrected chi connectivity index (χ1v) is 8.24. The van der Waals surface area contributed by atoms with Crippen molar-refractivity contribution >= 4 is 17.7 Å². The van der Waals surface area contributed by atoms with Gasteiger partial charge in [0.25, 0.3) is 17.7 Å². The fourth-order valence-electron chi connectivity index (χ4n) is 3.02. The summed E-state index contributed by atoms with van der Waals surface area (Å²) in [5, 5.41) is 2.88. The smallest absolute Gasteiger partial charge is 0.261 e. The molecular weight excluding hydrogens is 306 g/mol. The lowest BCUT2D eigenvalue weighted by Crippen LogP contribution is -2.42. The molecule has 0 unspecified atom stereocenters. The summed E-state index contributed by atoms with van der Waals surface area (Å²) in [5.74, 6) is -0.929. The molecule has 0 saturated carbocycles. The quantitative estimate of drug-likeness (QED) is 0.807. The van der Waals surface area contributed by atoms with Crippen LogP contribution in [0, 0.1) is 0 Å². The minimum absolute atomic E-state index is 0.236. The van der Waals surface area contributed by atoms with Crippen LogP contribution < -0.4 is 5.32 Å². The van der Waals surface area contributed by atoms with Crippen LogP contribution >= 0.6 is 0 Å². The van der Waals surface area contributed by atoms with E-state index in [1.165, 1.54) is 13.1 Å². The van der Waals surface area contributed by atoms with Gasteiger partial charge >= 0.3 is 0 Å². The number of hydrogen-bond acceptors (Lipinski definition) is 4. The Morgan fingerprint density at radius 1 is 1.08 bits per heavy atom. The maximum absolute atomic E-state index is 12.3. The van der Waals surface area contributed by atoms with Crippen molar-refractivity contribution < 1.29 is 14.4 Å². The van der Waals surface area contributed by atoms with Gasteiger partial charge in [0.05, 0.1) is 11.1 Å². The first-order chi connectivity index (χ1) is 11.2. The van der Waals surface area contributed by atoms with Crippen LogP contribution in [-0.4, -0.2) is 59.7 Å². The molecule has 130 valence electrons. The second-order valence-electron chi connectivity index (χ2n) is 6.61. The van der Waals surface area contributed by atoms with Crippen molar-refractivity contribution in [3.63, 3.8) is 0 Å². The average Bonchev–Trinajstić information content (AvgIpc) is 2.75. The number of imide groups is 1. The Hall–Kier alpha value is -2.21. The van der Waals surface area contributed by atoms with Crippen LogP contribution in [0.4, 0.5) is 0 Å². The molecule has 1 N–H and O–H groups in total. The summed E-state index contributed by atoms with van der Waals surface area (Å²) in [6.45, 7) is 9.79. The number of rotatable bonds is 6. The lowest BCUT2D eigenvalue weighted by Gasteiger charge is -2.30. The maximum atomic E-state index is 12.3. The van der Waals surface area contributed by atoms with Gasteiger partial charge in [-0.05, 0) is 45.9 Å². The Bertz CT molecular complexity index is 659. The zero-order valence-corrected chi connectivity index (χ0v) is 14.9. The van der Waals surface area contributed by atoms with Gasteiger partial charge in [0, 0.05) is 37.8 Å². The van der Waals surface area contributed by atoms with E-state index >= 15 is 0 Å². The second-order valence-corrected chi connectivity index (χ2v) is 6.61. The zero-order valence-electron chi connectivity index (χ0n) is 14.9. The summed E-state index contributed by atoms with van der Waals surface area (Å²) >= 11 is 0. The molecule has 6 nitrogen and oxygen atoms in total. The number of nitrogens with one attached hydrogen (secondary N) is 1. The molecule has 3 amide bonds. The summed E-state index contributed by atoms with van der Waals surface area (Å²) in [6, 6.07) is 5.43. The average molecular weight is 331 g/mol. The molecule has 24 heavy (non-hydrogen) atoms. The monoisotopic (exact) mass is 331 g/mol. The van der Waals surface area contributed by atoms with E-state index in [0.717, 1.165) is 11.4 Å². The van der Waals surface area contributed by atoms with Crippen molar-refractivity contribution in [3.05, 3.63) is 34.9 Å². The molecule has 1 heterocycles. The van der Waals surface area contributed by atoms with Gasteiger partial charge in [0.2, 0.25) is 0 Å². The molecule has 0 atom stereocenters. The topological polar surface area (TPSA) is 69.7 Å². The molecule has 0 saturated heterocycles. The summed E-state index contributed by atoms with van der Waals surface area (Å²) in [5.41, 5.74) is 1.04. The Balaban J connectivity index is 2.02. The highest BCUT2D eigenvalue weighted by molar-refractivity contribution is 6.21. The van der Waals surface area contributed by atoms with Crippen LogP contribution in [0.5, 0.6) is 0 Å². The minimum Gasteiger partial charge on any atom is -0.351 e. The van der Waals surface area contributed by atoms with E-state index in [2.05, 4.69) is 37.9 Å². The molecule has 1 aromatic rings. The van der Waals surface area contributed by atoms with E-state index in [1.807, 2.05) is 0 Å². The first kappa shape index (κ1) is 18.1. The molecule has 0 spiro atoms. The largest absolute Gasteiger partial charge is 0.351 e. The van der Waals surface area contributed by atoms with Crippen molar-refractivity contribution in [1.29, 1.82) is 0 Å². The third kappa shape index (κ3) is 3.48. The summed E-state index contributed by atoms with van der Waals surface area (Å²) in [6.07, 6.45) is 0. The third-order valence-electron chi connectivity index (χ3n) is 4.33. The summed E-state index contributed by atoms with van der Waals surface area (Å²) in [4.78, 5) is 39.5. The number of benzene rings is 1. The van der Waals surface area contributed by atoms with Gasteiger partial charge < -0.3 is 5.32 Å². The van der Waals surface area contributed by atoms with Gasteiger partial charge in [-0.15, -0.1) is 0 Å². The maximum Gasteiger partial charge on any atom is 0.261 e. The molecule has 2 rings (SSSR count). The third-order valence-corrected chi connectivity index (χ3v) is 4.33. The molecule has 0 radical (unpaired) electrons. The van der Waals surface area contributed by atoms with E-state index in [4.69, 9.17) is 0 Å². The van der Waals surface area contributed by atoms with Crippen LogP contribution in [0.2, 0.25) is 0 Å². The van der Waals surface area contributed by atoms with E-state index in [1.54, 1.807) is 12.1 Å². The van der Waals surface area contributed by atoms with Crippen LogP contribution in [0.3, 0.4) is 0 Å². The minimum atomic E-state index is -0.365. The van der Waals surface area contributed by atoms with Gasteiger partial charge in [0.15, 0.2) is 0 Å². The molecule has 6 heteroatoms. The molecule has 0 fully saturated rings. The Labute approximate surface area is 142 Å². The predicted molar refractivity (Wildman–Crippen MR) is 92.2 cm³/mol. The van der Waals surface area contributed by atoms with Gasteiger partial charge in [-0.3, -0.25) is 24.2 Å². The van der Waals surface area contributed by atoms with Crippen molar-refractivity contribution in [2.24, 2.45) is 0 Å². The normalized spacial score (nSPS) is 14.1. The van der Waals surface area contributed by atoms with E-state index in [9.17, 15) is 14.4 Å². The number of hydrogen-bond donors (Lipinski definition) is 1. The van der Waals surface area contributed by atoms with Crippen molar-refractivity contribution in [2.45, 2.75) is 39.8 Å². The zero-order chi connectivity index (χ0) is 18.0. The molecule has 0 bridgehead atoms. The lowest BCUT2D eigenvalue weighted by atomic mass is 10.1. The number of amides is 3. The first-order valence-electron chi connectivity index (χ1n) is 8.24. The van der Waals surface area contributed by atoms with E-state index in [0.29, 0.717) is 35.3 Å². The molecule has 1 aliphatic heterocycles. The highest BCUT2D eigenvalue weighted by Gasteiger charge is 2.33. The SMILES string of the molecule is CC(C)N(CCNC(=O)c1ccc2c(c1)C(=O)N(C)C2=O)C(C)C. The van der Waals surface area contributed by atoms with Crippen LogP contribution in [0.1, 0.15) is 58.8 Å². The van der Waals surface area contributed by atoms with Gasteiger partial charge in [-0.25, -0.2) is 0 Å². The van der Waals surface area contributed by atoms with E-state index < -0.39 is 0 Å². The standard InChI is InChI=1S/C18H25N3O3/c1-11(2)21(12(3)4)9-8-19-16(22)13-6-7-14-15(10-13)18(24)20(5)17(14)23/h6-7,10-12H,8-9H2,1-5H3,(H,19,22). The van der Waals surface area contributed by atoms with Crippen LogP contribution in [0.25, 0.3) is 0 Å². The van der Waals surface area contributed by atoms with Crippen molar-refractivity contribution in [3.8, 4) is 0 Å². The van der Waals surface area contributed by atoms with E-state index in [-0.39, 0.29) is 17.7 Å². The fourth-order valence-corrected chi connectivity index (χ4v) is 3.02. The fraction of sp³-hybridized carbons (Fsp3) is 0.500. The molecule has 1 aliphatic rings. The van der Waals surface area contributed by atoms with Crippen molar-refractivity contribution in [2.75, 3.05) is 20.1 Å². The number of carbonyl (C=O) groups excluding carboxylic acids is 3. The highest BCUT2D eigenvalue weighted by Crippen LogP contribution is 2.22. The van der Waals surface area contributed by atoms with Gasteiger partial charge in [-0.2, -0.15) is 0 Å². The highest BCUT2D eigenvalue weighted by atomic mass is 16.2. The van der Waals surface area contributed by atoms with Gasteiger partial charge in [0.1, 0.15) is 0 Å². The van der Waals surface area contributed by atoms with Crippen LogP contribution in [0.15, 0.2) is 18.2 Å².